The van der Waals surface area contributed by atoms with Crippen molar-refractivity contribution in [1.29, 1.82) is 0 Å². The molecule has 0 fully saturated rings. The fourth-order valence-electron chi connectivity index (χ4n) is 1.24. The monoisotopic (exact) mass is 305 g/mol. The van der Waals surface area contributed by atoms with Gasteiger partial charge in [0.25, 0.3) is 0 Å². The maximum atomic E-state index is 13.0. The Hall–Kier alpha value is -1.05. The van der Waals surface area contributed by atoms with Crippen LogP contribution in [0.1, 0.15) is 5.82 Å². The van der Waals surface area contributed by atoms with Crippen LogP contribution in [0.4, 0.5) is 4.39 Å². The lowest BCUT2D eigenvalue weighted by Crippen LogP contribution is -2.09. The second-order valence-electron chi connectivity index (χ2n) is 2.93. The summed E-state index contributed by atoms with van der Waals surface area (Å²) < 4.78 is 14.9. The van der Waals surface area contributed by atoms with Crippen LogP contribution in [0.2, 0.25) is 5.02 Å². The van der Waals surface area contributed by atoms with Gasteiger partial charge >= 0.3 is 0 Å². The molecule has 0 aliphatic heterocycles. The first-order valence-electron chi connectivity index (χ1n) is 4.25. The molecule has 0 radical (unpaired) electrons. The second kappa shape index (κ2) is 4.44. The summed E-state index contributed by atoms with van der Waals surface area (Å²) in [6.07, 6.45) is 0. The van der Waals surface area contributed by atoms with E-state index >= 15 is 0 Å². The van der Waals surface area contributed by atoms with E-state index in [1.54, 1.807) is 0 Å². The van der Waals surface area contributed by atoms with Crippen LogP contribution in [-0.2, 0) is 6.54 Å². The summed E-state index contributed by atoms with van der Waals surface area (Å²) in [5.41, 5.74) is 5.93. The molecule has 0 amide bonds. The highest BCUT2D eigenvalue weighted by molar-refractivity contribution is 9.10. The number of benzene rings is 1. The smallest absolute Gasteiger partial charge is 0.170 e. The molecular weight excluding hydrogens is 300 g/mol. The summed E-state index contributed by atoms with van der Waals surface area (Å²) in [6, 6.07) is 2.47. The summed E-state index contributed by atoms with van der Waals surface area (Å²) in [5.74, 6) is -0.00259. The lowest BCUT2D eigenvalue weighted by atomic mass is 10.3. The Morgan fingerprint density at radius 1 is 1.50 bits per heavy atom. The molecule has 5 nitrogen and oxygen atoms in total. The Kier molecular flexibility index (Phi) is 3.17. The highest BCUT2D eigenvalue weighted by Gasteiger charge is 2.14. The highest BCUT2D eigenvalue weighted by Crippen LogP contribution is 2.29. The van der Waals surface area contributed by atoms with Gasteiger partial charge in [0.05, 0.1) is 11.6 Å². The van der Waals surface area contributed by atoms with Gasteiger partial charge in [0.15, 0.2) is 5.82 Å². The third-order valence-electron chi connectivity index (χ3n) is 1.91. The first-order valence-corrected chi connectivity index (χ1v) is 5.43. The van der Waals surface area contributed by atoms with Gasteiger partial charge in [0.1, 0.15) is 11.5 Å². The van der Waals surface area contributed by atoms with E-state index in [1.807, 2.05) is 0 Å². The van der Waals surface area contributed by atoms with Crippen molar-refractivity contribution in [2.24, 2.45) is 5.73 Å². The summed E-state index contributed by atoms with van der Waals surface area (Å²) in [5, 5.41) is 11.2. The third-order valence-corrected chi connectivity index (χ3v) is 2.80. The molecule has 16 heavy (non-hydrogen) atoms. The number of hydrogen-bond acceptors (Lipinski definition) is 4. The molecule has 1 aromatic heterocycles. The van der Waals surface area contributed by atoms with Crippen molar-refractivity contribution in [3.05, 3.63) is 33.3 Å². The number of aromatic nitrogens is 4. The minimum Gasteiger partial charge on any atom is -0.324 e. The Bertz CT molecular complexity index is 506. The average molecular weight is 307 g/mol. The van der Waals surface area contributed by atoms with Crippen LogP contribution >= 0.6 is 27.5 Å². The van der Waals surface area contributed by atoms with E-state index < -0.39 is 5.82 Å². The van der Waals surface area contributed by atoms with E-state index in [9.17, 15) is 4.39 Å². The van der Waals surface area contributed by atoms with E-state index in [-0.39, 0.29) is 11.6 Å². The predicted octanol–water partition coefficient (Wildman–Crippen LogP) is 1.68. The molecule has 0 atom stereocenters. The van der Waals surface area contributed by atoms with Gasteiger partial charge in [-0.2, -0.15) is 4.68 Å². The fraction of sp³-hybridized carbons (Fsp3) is 0.125. The van der Waals surface area contributed by atoms with Gasteiger partial charge in [0, 0.05) is 4.47 Å². The summed E-state index contributed by atoms with van der Waals surface area (Å²) in [4.78, 5) is 0. The fourth-order valence-corrected chi connectivity index (χ4v) is 2.24. The maximum absolute atomic E-state index is 13.0. The summed E-state index contributed by atoms with van der Waals surface area (Å²) >= 11 is 9.13. The zero-order valence-electron chi connectivity index (χ0n) is 7.86. The van der Waals surface area contributed by atoms with E-state index in [0.29, 0.717) is 16.0 Å². The minimum atomic E-state index is -0.442. The number of nitrogens with zero attached hydrogens (tertiary/aromatic N) is 4. The minimum absolute atomic E-state index is 0.160. The quantitative estimate of drug-likeness (QED) is 0.916. The van der Waals surface area contributed by atoms with E-state index in [1.165, 1.54) is 16.8 Å². The maximum Gasteiger partial charge on any atom is 0.170 e. The number of tetrazole rings is 1. The lowest BCUT2D eigenvalue weighted by Gasteiger charge is -2.08. The molecule has 2 N–H and O–H groups in total. The molecule has 2 rings (SSSR count). The van der Waals surface area contributed by atoms with Crippen molar-refractivity contribution < 1.29 is 4.39 Å². The van der Waals surface area contributed by atoms with E-state index in [0.717, 1.165) is 0 Å². The lowest BCUT2D eigenvalue weighted by molar-refractivity contribution is 0.625. The van der Waals surface area contributed by atoms with Crippen LogP contribution in [0.5, 0.6) is 0 Å². The SMILES string of the molecule is NCc1nnnn1-c1c(Cl)cc(F)cc1Br. The zero-order valence-corrected chi connectivity index (χ0v) is 10.2. The van der Waals surface area contributed by atoms with Crippen LogP contribution in [0.15, 0.2) is 16.6 Å². The van der Waals surface area contributed by atoms with Gasteiger partial charge in [-0.3, -0.25) is 0 Å². The molecule has 8 heteroatoms. The highest BCUT2D eigenvalue weighted by atomic mass is 79.9. The number of rotatable bonds is 2. The molecule has 2 aromatic rings. The van der Waals surface area contributed by atoms with Crippen molar-refractivity contribution in [3.63, 3.8) is 0 Å². The van der Waals surface area contributed by atoms with Gasteiger partial charge in [-0.25, -0.2) is 4.39 Å². The van der Waals surface area contributed by atoms with Crippen LogP contribution in [0.25, 0.3) is 5.69 Å². The topological polar surface area (TPSA) is 69.6 Å². The number of halogens is 3. The van der Waals surface area contributed by atoms with Crippen LogP contribution in [-0.4, -0.2) is 20.2 Å². The Labute approximate surface area is 104 Å². The molecule has 0 unspecified atom stereocenters. The third kappa shape index (κ3) is 1.93. The van der Waals surface area contributed by atoms with Crippen molar-refractivity contribution in [1.82, 2.24) is 20.2 Å². The van der Waals surface area contributed by atoms with Gasteiger partial charge in [0.2, 0.25) is 0 Å². The summed E-state index contributed by atoms with van der Waals surface area (Å²) in [6.45, 7) is 0.160. The molecule has 1 aromatic carbocycles. The normalized spacial score (nSPS) is 10.8. The molecule has 84 valence electrons. The predicted molar refractivity (Wildman–Crippen MR) is 59.7 cm³/mol. The summed E-state index contributed by atoms with van der Waals surface area (Å²) in [7, 11) is 0. The Balaban J connectivity index is 2.64. The Morgan fingerprint density at radius 2 is 2.25 bits per heavy atom. The van der Waals surface area contributed by atoms with Crippen LogP contribution < -0.4 is 5.73 Å². The molecule has 0 saturated carbocycles. The van der Waals surface area contributed by atoms with Gasteiger partial charge < -0.3 is 5.73 Å². The van der Waals surface area contributed by atoms with Crippen molar-refractivity contribution in [3.8, 4) is 5.69 Å². The zero-order chi connectivity index (χ0) is 11.7. The largest absolute Gasteiger partial charge is 0.324 e. The van der Waals surface area contributed by atoms with Crippen LogP contribution in [0.3, 0.4) is 0 Å². The molecule has 0 spiro atoms. The Morgan fingerprint density at radius 3 is 2.88 bits per heavy atom. The first-order chi connectivity index (χ1) is 7.63. The number of hydrogen-bond donors (Lipinski definition) is 1. The molecule has 1 heterocycles. The number of nitrogens with two attached hydrogens (primary N) is 1. The molecule has 0 aliphatic rings. The second-order valence-corrected chi connectivity index (χ2v) is 4.19. The van der Waals surface area contributed by atoms with Crippen molar-refractivity contribution in [2.75, 3.05) is 0 Å². The van der Waals surface area contributed by atoms with Gasteiger partial charge in [-0.15, -0.1) is 5.10 Å². The standard InChI is InChI=1S/C8H6BrClFN5/c9-5-1-4(11)2-6(10)8(5)16-7(3-12)13-14-15-16/h1-2H,3,12H2. The van der Waals surface area contributed by atoms with E-state index in [2.05, 4.69) is 31.5 Å². The molecule has 0 aliphatic carbocycles. The molecule has 0 bridgehead atoms. The van der Waals surface area contributed by atoms with Crippen molar-refractivity contribution in [2.45, 2.75) is 6.54 Å². The molecular formula is C8H6BrClFN5. The first kappa shape index (κ1) is 11.4. The van der Waals surface area contributed by atoms with Crippen LogP contribution in [0, 0.1) is 5.82 Å². The van der Waals surface area contributed by atoms with Crippen molar-refractivity contribution >= 4 is 27.5 Å². The van der Waals surface area contributed by atoms with Gasteiger partial charge in [-0.1, -0.05) is 11.6 Å². The van der Waals surface area contributed by atoms with E-state index in [4.69, 9.17) is 17.3 Å². The van der Waals surface area contributed by atoms with Gasteiger partial charge in [-0.05, 0) is 38.5 Å². The molecule has 0 saturated heterocycles. The average Bonchev–Trinajstić information content (AvgIpc) is 2.64.